The lowest BCUT2D eigenvalue weighted by atomic mass is 10.2. The molecule has 2 aromatic carbocycles. The van der Waals surface area contributed by atoms with E-state index < -0.39 is 10.0 Å². The Balaban J connectivity index is 2.01. The van der Waals surface area contributed by atoms with Crippen molar-refractivity contribution in [2.24, 2.45) is 10.1 Å². The highest BCUT2D eigenvalue weighted by atomic mass is 35.5. The minimum Gasteiger partial charge on any atom is -0.352 e. The molecule has 3 N–H and O–H groups in total. The van der Waals surface area contributed by atoms with Crippen LogP contribution in [-0.2, 0) is 23.1 Å². The standard InChI is InChI=1S/C17H21ClN4O2S/c1-20-17(22(2)12-13-6-8-15(18)9-7-13)21-11-14-4-3-5-16(10-14)25(19,23)24/h3-10H,11-12H2,1-2H3,(H,20,21)(H2,19,23,24). The smallest absolute Gasteiger partial charge is 0.238 e. The van der Waals surface area contributed by atoms with Crippen molar-refractivity contribution in [1.82, 2.24) is 10.2 Å². The summed E-state index contributed by atoms with van der Waals surface area (Å²) in [7, 11) is -0.0920. The topological polar surface area (TPSA) is 87.8 Å². The molecule has 0 aliphatic heterocycles. The average Bonchev–Trinajstić information content (AvgIpc) is 2.57. The summed E-state index contributed by atoms with van der Waals surface area (Å²) in [5, 5.41) is 9.07. The van der Waals surface area contributed by atoms with Gasteiger partial charge < -0.3 is 10.2 Å². The van der Waals surface area contributed by atoms with Crippen molar-refractivity contribution < 1.29 is 8.42 Å². The van der Waals surface area contributed by atoms with Crippen LogP contribution in [0.4, 0.5) is 0 Å². The molecular formula is C17H21ClN4O2S. The van der Waals surface area contributed by atoms with Gasteiger partial charge in [0.05, 0.1) is 4.90 Å². The fraction of sp³-hybridized carbons (Fsp3) is 0.235. The number of primary sulfonamides is 1. The Morgan fingerprint density at radius 1 is 1.20 bits per heavy atom. The quantitative estimate of drug-likeness (QED) is 0.614. The molecule has 0 atom stereocenters. The van der Waals surface area contributed by atoms with Crippen LogP contribution in [0.5, 0.6) is 0 Å². The van der Waals surface area contributed by atoms with Crippen LogP contribution in [-0.4, -0.2) is 33.4 Å². The van der Waals surface area contributed by atoms with Gasteiger partial charge in [-0.15, -0.1) is 0 Å². The molecule has 0 unspecified atom stereocenters. The molecule has 2 rings (SSSR count). The molecule has 0 aromatic heterocycles. The van der Waals surface area contributed by atoms with Crippen molar-refractivity contribution in [1.29, 1.82) is 0 Å². The van der Waals surface area contributed by atoms with Crippen LogP contribution in [0.15, 0.2) is 58.4 Å². The minimum absolute atomic E-state index is 0.0938. The first-order chi connectivity index (χ1) is 11.8. The van der Waals surface area contributed by atoms with E-state index in [-0.39, 0.29) is 4.90 Å². The fourth-order valence-electron chi connectivity index (χ4n) is 2.34. The molecule has 0 fully saturated rings. The highest BCUT2D eigenvalue weighted by molar-refractivity contribution is 7.89. The van der Waals surface area contributed by atoms with Gasteiger partial charge in [0.2, 0.25) is 10.0 Å². The molecule has 0 aliphatic carbocycles. The number of nitrogens with one attached hydrogen (secondary N) is 1. The second-order valence-electron chi connectivity index (χ2n) is 5.58. The van der Waals surface area contributed by atoms with Gasteiger partial charge in [0.1, 0.15) is 0 Å². The molecule has 2 aromatic rings. The first-order valence-corrected chi connectivity index (χ1v) is 9.50. The van der Waals surface area contributed by atoms with Crippen molar-refractivity contribution in [2.75, 3.05) is 14.1 Å². The summed E-state index contributed by atoms with van der Waals surface area (Å²) < 4.78 is 22.9. The van der Waals surface area contributed by atoms with E-state index in [1.165, 1.54) is 6.07 Å². The third kappa shape index (κ3) is 5.74. The maximum absolute atomic E-state index is 11.4. The summed E-state index contributed by atoms with van der Waals surface area (Å²) in [4.78, 5) is 6.31. The monoisotopic (exact) mass is 380 g/mol. The Bertz CT molecular complexity index is 851. The van der Waals surface area contributed by atoms with Crippen LogP contribution in [0.25, 0.3) is 0 Å². The Morgan fingerprint density at radius 3 is 2.48 bits per heavy atom. The number of guanidine groups is 1. The lowest BCUT2D eigenvalue weighted by molar-refractivity contribution is 0.476. The van der Waals surface area contributed by atoms with Crippen LogP contribution in [0.2, 0.25) is 5.02 Å². The largest absolute Gasteiger partial charge is 0.352 e. The summed E-state index contributed by atoms with van der Waals surface area (Å²) in [6, 6.07) is 14.1. The number of hydrogen-bond acceptors (Lipinski definition) is 3. The molecule has 0 saturated heterocycles. The van der Waals surface area contributed by atoms with E-state index in [1.54, 1.807) is 19.2 Å². The lowest BCUT2D eigenvalue weighted by Crippen LogP contribution is -2.38. The predicted octanol–water partition coefficient (Wildman–Crippen LogP) is 2.19. The molecule has 0 saturated carbocycles. The maximum atomic E-state index is 11.4. The molecule has 0 amide bonds. The van der Waals surface area contributed by atoms with Gasteiger partial charge in [-0.2, -0.15) is 0 Å². The van der Waals surface area contributed by atoms with Gasteiger partial charge in [-0.05, 0) is 35.4 Å². The van der Waals surface area contributed by atoms with Crippen molar-refractivity contribution >= 4 is 27.6 Å². The molecule has 0 aliphatic rings. The van der Waals surface area contributed by atoms with Gasteiger partial charge in [0.15, 0.2) is 5.96 Å². The third-order valence-electron chi connectivity index (χ3n) is 3.58. The summed E-state index contributed by atoms with van der Waals surface area (Å²) in [5.41, 5.74) is 1.90. The Morgan fingerprint density at radius 2 is 1.88 bits per heavy atom. The van der Waals surface area contributed by atoms with Crippen molar-refractivity contribution in [2.45, 2.75) is 18.0 Å². The van der Waals surface area contributed by atoms with E-state index in [2.05, 4.69) is 10.3 Å². The van der Waals surface area contributed by atoms with Crippen LogP contribution in [0, 0.1) is 0 Å². The molecule has 0 spiro atoms. The van der Waals surface area contributed by atoms with Crippen LogP contribution in [0.1, 0.15) is 11.1 Å². The molecule has 0 heterocycles. The zero-order valence-corrected chi connectivity index (χ0v) is 15.7. The van der Waals surface area contributed by atoms with Crippen molar-refractivity contribution in [3.05, 3.63) is 64.7 Å². The summed E-state index contributed by atoms with van der Waals surface area (Å²) in [6.45, 7) is 1.09. The summed E-state index contributed by atoms with van der Waals surface area (Å²) in [6.07, 6.45) is 0. The van der Waals surface area contributed by atoms with Gasteiger partial charge in [-0.1, -0.05) is 35.9 Å². The number of rotatable bonds is 5. The SMILES string of the molecule is CN=C(NCc1cccc(S(N)(=O)=O)c1)N(C)Cc1ccc(Cl)cc1. The van der Waals surface area contributed by atoms with Crippen LogP contribution in [0.3, 0.4) is 0 Å². The molecule has 8 heteroatoms. The number of halogens is 1. The fourth-order valence-corrected chi connectivity index (χ4v) is 3.05. The van der Waals surface area contributed by atoms with Crippen LogP contribution < -0.4 is 10.5 Å². The van der Waals surface area contributed by atoms with Crippen molar-refractivity contribution in [3.63, 3.8) is 0 Å². The van der Waals surface area contributed by atoms with E-state index in [0.29, 0.717) is 24.1 Å². The highest BCUT2D eigenvalue weighted by Crippen LogP contribution is 2.12. The molecule has 6 nitrogen and oxygen atoms in total. The van der Waals surface area contributed by atoms with Gasteiger partial charge in [-0.25, -0.2) is 13.6 Å². The zero-order chi connectivity index (χ0) is 18.4. The third-order valence-corrected chi connectivity index (χ3v) is 4.75. The molecule has 134 valence electrons. The number of sulfonamides is 1. The first kappa shape index (κ1) is 19.2. The lowest BCUT2D eigenvalue weighted by Gasteiger charge is -2.22. The second kappa shape index (κ2) is 8.33. The minimum atomic E-state index is -3.71. The Hall–Kier alpha value is -2.09. The Kier molecular flexibility index (Phi) is 6.41. The predicted molar refractivity (Wildman–Crippen MR) is 101 cm³/mol. The van der Waals surface area contributed by atoms with Gasteiger partial charge in [0.25, 0.3) is 0 Å². The summed E-state index contributed by atoms with van der Waals surface area (Å²) >= 11 is 5.90. The second-order valence-corrected chi connectivity index (χ2v) is 7.57. The number of nitrogens with zero attached hydrogens (tertiary/aromatic N) is 2. The highest BCUT2D eigenvalue weighted by Gasteiger charge is 2.10. The van der Waals surface area contributed by atoms with E-state index in [4.69, 9.17) is 16.7 Å². The number of benzene rings is 2. The summed E-state index contributed by atoms with van der Waals surface area (Å²) in [5.74, 6) is 0.691. The van der Waals surface area contributed by atoms with Gasteiger partial charge in [0, 0.05) is 32.2 Å². The van der Waals surface area contributed by atoms with Gasteiger partial charge in [-0.3, -0.25) is 4.99 Å². The van der Waals surface area contributed by atoms with Crippen molar-refractivity contribution in [3.8, 4) is 0 Å². The number of aliphatic imine (C=N–C) groups is 1. The molecule has 0 bridgehead atoms. The molecule has 0 radical (unpaired) electrons. The average molecular weight is 381 g/mol. The normalized spacial score (nSPS) is 12.1. The van der Waals surface area contributed by atoms with E-state index in [1.807, 2.05) is 42.3 Å². The molecule has 25 heavy (non-hydrogen) atoms. The van der Waals surface area contributed by atoms with E-state index >= 15 is 0 Å². The van der Waals surface area contributed by atoms with Gasteiger partial charge >= 0.3 is 0 Å². The van der Waals surface area contributed by atoms with Crippen LogP contribution >= 0.6 is 11.6 Å². The number of hydrogen-bond donors (Lipinski definition) is 2. The molecular weight excluding hydrogens is 360 g/mol. The van der Waals surface area contributed by atoms with E-state index in [9.17, 15) is 8.42 Å². The van der Waals surface area contributed by atoms with E-state index in [0.717, 1.165) is 11.1 Å². The Labute approximate surface area is 153 Å². The zero-order valence-electron chi connectivity index (χ0n) is 14.1. The number of nitrogens with two attached hydrogens (primary N) is 1. The first-order valence-electron chi connectivity index (χ1n) is 7.57. The maximum Gasteiger partial charge on any atom is 0.238 e.